The molecule has 2 aliphatic rings. The molecule has 1 aliphatic heterocycles. The van der Waals surface area contributed by atoms with Crippen LogP contribution in [0.25, 0.3) is 0 Å². The normalized spacial score (nSPS) is 22.2. The SMILES string of the molecule is Cc1ccc(S(=O)(=O)N2CCOCC2)cc1C(=O)O[C@@H]1CCCCC1=O. The Balaban J connectivity index is 1.83. The van der Waals surface area contributed by atoms with Crippen molar-refractivity contribution in [3.8, 4) is 0 Å². The average Bonchev–Trinajstić information content (AvgIpc) is 2.64. The maximum absolute atomic E-state index is 12.8. The highest BCUT2D eigenvalue weighted by Gasteiger charge is 2.30. The number of ketones is 1. The van der Waals surface area contributed by atoms with E-state index in [0.717, 1.165) is 12.8 Å². The molecule has 26 heavy (non-hydrogen) atoms. The van der Waals surface area contributed by atoms with Gasteiger partial charge in [0.15, 0.2) is 11.9 Å². The second-order valence-electron chi connectivity index (χ2n) is 6.60. The first-order chi connectivity index (χ1) is 12.4. The predicted molar refractivity (Wildman–Crippen MR) is 93.4 cm³/mol. The fraction of sp³-hybridized carbons (Fsp3) is 0.556. The highest BCUT2D eigenvalue weighted by Crippen LogP contribution is 2.23. The summed E-state index contributed by atoms with van der Waals surface area (Å²) in [6.45, 7) is 2.98. The third-order valence-electron chi connectivity index (χ3n) is 4.78. The van der Waals surface area contributed by atoms with E-state index in [1.165, 1.54) is 16.4 Å². The van der Waals surface area contributed by atoms with Crippen LogP contribution >= 0.6 is 0 Å². The van der Waals surface area contributed by atoms with Gasteiger partial charge in [0, 0.05) is 19.5 Å². The maximum atomic E-state index is 12.8. The lowest BCUT2D eigenvalue weighted by molar-refractivity contribution is -0.129. The van der Waals surface area contributed by atoms with Crippen molar-refractivity contribution in [2.24, 2.45) is 0 Å². The molecule has 1 aromatic rings. The Bertz CT molecular complexity index is 798. The van der Waals surface area contributed by atoms with Crippen LogP contribution in [-0.2, 0) is 24.3 Å². The zero-order chi connectivity index (χ0) is 18.7. The Morgan fingerprint density at radius 2 is 1.96 bits per heavy atom. The topological polar surface area (TPSA) is 90.0 Å². The first kappa shape index (κ1) is 19.0. The molecule has 0 aromatic heterocycles. The van der Waals surface area contributed by atoms with Gasteiger partial charge in [0.05, 0.1) is 23.7 Å². The number of carbonyl (C=O) groups excluding carboxylic acids is 2. The molecule has 1 aliphatic carbocycles. The molecule has 142 valence electrons. The van der Waals surface area contributed by atoms with E-state index in [2.05, 4.69) is 0 Å². The summed E-state index contributed by atoms with van der Waals surface area (Å²) in [6, 6.07) is 4.42. The van der Waals surface area contributed by atoms with E-state index in [-0.39, 0.29) is 29.3 Å². The van der Waals surface area contributed by atoms with Gasteiger partial charge in [-0.2, -0.15) is 4.31 Å². The van der Waals surface area contributed by atoms with Crippen LogP contribution in [0, 0.1) is 6.92 Å². The first-order valence-electron chi connectivity index (χ1n) is 8.82. The number of hydrogen-bond acceptors (Lipinski definition) is 6. The van der Waals surface area contributed by atoms with E-state index in [4.69, 9.17) is 9.47 Å². The number of sulfonamides is 1. The molecule has 0 N–H and O–H groups in total. The summed E-state index contributed by atoms with van der Waals surface area (Å²) >= 11 is 0. The molecule has 8 heteroatoms. The molecule has 0 amide bonds. The number of rotatable bonds is 4. The van der Waals surface area contributed by atoms with Gasteiger partial charge in [-0.25, -0.2) is 13.2 Å². The molecular weight excluding hydrogens is 358 g/mol. The number of esters is 1. The van der Waals surface area contributed by atoms with Crippen molar-refractivity contribution >= 4 is 21.8 Å². The lowest BCUT2D eigenvalue weighted by Gasteiger charge is -2.26. The number of nitrogens with zero attached hydrogens (tertiary/aromatic N) is 1. The summed E-state index contributed by atoms with van der Waals surface area (Å²) in [6.07, 6.45) is 1.88. The molecule has 1 atom stereocenters. The maximum Gasteiger partial charge on any atom is 0.339 e. The van der Waals surface area contributed by atoms with Crippen molar-refractivity contribution in [2.75, 3.05) is 26.3 Å². The van der Waals surface area contributed by atoms with Gasteiger partial charge in [-0.15, -0.1) is 0 Å². The number of hydrogen-bond donors (Lipinski definition) is 0. The van der Waals surface area contributed by atoms with Crippen LogP contribution in [0.5, 0.6) is 0 Å². The van der Waals surface area contributed by atoms with E-state index < -0.39 is 22.1 Å². The van der Waals surface area contributed by atoms with Gasteiger partial charge in [-0.05, 0) is 43.9 Å². The molecule has 1 aromatic carbocycles. The third-order valence-corrected chi connectivity index (χ3v) is 6.68. The van der Waals surface area contributed by atoms with Gasteiger partial charge in [0.25, 0.3) is 0 Å². The van der Waals surface area contributed by atoms with Crippen LogP contribution in [0.4, 0.5) is 0 Å². The molecule has 0 radical (unpaired) electrons. The van der Waals surface area contributed by atoms with Crippen LogP contribution in [0.3, 0.4) is 0 Å². The fourth-order valence-corrected chi connectivity index (χ4v) is 4.62. The van der Waals surface area contributed by atoms with Crippen molar-refractivity contribution < 1.29 is 27.5 Å². The summed E-state index contributed by atoms with van der Waals surface area (Å²) in [5.74, 6) is -0.721. The molecule has 0 spiro atoms. The van der Waals surface area contributed by atoms with Crippen molar-refractivity contribution in [1.82, 2.24) is 4.31 Å². The number of morpholine rings is 1. The van der Waals surface area contributed by atoms with Gasteiger partial charge in [-0.3, -0.25) is 4.79 Å². The number of ether oxygens (including phenoxy) is 2. The Labute approximate surface area is 153 Å². The largest absolute Gasteiger partial charge is 0.451 e. The molecule has 2 fully saturated rings. The van der Waals surface area contributed by atoms with E-state index in [1.54, 1.807) is 13.0 Å². The number of aryl methyl sites for hydroxylation is 1. The van der Waals surface area contributed by atoms with Gasteiger partial charge in [0.2, 0.25) is 10.0 Å². The number of carbonyl (C=O) groups is 2. The highest BCUT2D eigenvalue weighted by atomic mass is 32.2. The summed E-state index contributed by atoms with van der Waals surface area (Å²) in [5, 5.41) is 0. The van der Waals surface area contributed by atoms with E-state index >= 15 is 0 Å². The van der Waals surface area contributed by atoms with Crippen LogP contribution < -0.4 is 0 Å². The molecule has 7 nitrogen and oxygen atoms in total. The monoisotopic (exact) mass is 381 g/mol. The minimum atomic E-state index is -3.70. The second-order valence-corrected chi connectivity index (χ2v) is 8.54. The Morgan fingerprint density at radius 3 is 2.65 bits per heavy atom. The summed E-state index contributed by atoms with van der Waals surface area (Å²) in [4.78, 5) is 24.5. The molecule has 1 saturated heterocycles. The Morgan fingerprint density at radius 1 is 1.23 bits per heavy atom. The lowest BCUT2D eigenvalue weighted by atomic mass is 9.96. The number of benzene rings is 1. The lowest BCUT2D eigenvalue weighted by Crippen LogP contribution is -2.40. The Hall–Kier alpha value is -1.77. The van der Waals surface area contributed by atoms with Gasteiger partial charge < -0.3 is 9.47 Å². The minimum absolute atomic E-state index is 0.0481. The van der Waals surface area contributed by atoms with Gasteiger partial charge in [-0.1, -0.05) is 6.07 Å². The van der Waals surface area contributed by atoms with Crippen molar-refractivity contribution in [3.05, 3.63) is 29.3 Å². The molecule has 1 saturated carbocycles. The Kier molecular flexibility index (Phi) is 5.74. The van der Waals surface area contributed by atoms with Gasteiger partial charge >= 0.3 is 5.97 Å². The predicted octanol–water partition coefficient (Wildman–Crippen LogP) is 1.68. The van der Waals surface area contributed by atoms with E-state index in [1.807, 2.05) is 0 Å². The minimum Gasteiger partial charge on any atom is -0.451 e. The first-order valence-corrected chi connectivity index (χ1v) is 10.3. The smallest absolute Gasteiger partial charge is 0.339 e. The molecule has 0 bridgehead atoms. The van der Waals surface area contributed by atoms with Crippen LogP contribution in [0.1, 0.15) is 41.6 Å². The molecule has 0 unspecified atom stereocenters. The summed E-state index contributed by atoms with van der Waals surface area (Å²) < 4.78 is 37.5. The van der Waals surface area contributed by atoms with Crippen LogP contribution in [0.2, 0.25) is 0 Å². The van der Waals surface area contributed by atoms with Crippen LogP contribution in [0.15, 0.2) is 23.1 Å². The average molecular weight is 381 g/mol. The standard InChI is InChI=1S/C18H23NO6S/c1-13-6-7-14(26(22,23)19-8-10-24-11-9-19)12-15(13)18(21)25-17-5-3-2-4-16(17)20/h6-7,12,17H,2-5,8-11H2,1H3/t17-/m1/s1. The fourth-order valence-electron chi connectivity index (χ4n) is 3.19. The molecule has 1 heterocycles. The zero-order valence-corrected chi connectivity index (χ0v) is 15.6. The van der Waals surface area contributed by atoms with Crippen LogP contribution in [-0.4, -0.2) is 56.9 Å². The third kappa shape index (κ3) is 3.97. The summed E-state index contributed by atoms with van der Waals surface area (Å²) in [7, 11) is -3.70. The van der Waals surface area contributed by atoms with Crippen molar-refractivity contribution in [2.45, 2.75) is 43.6 Å². The van der Waals surface area contributed by atoms with E-state index in [9.17, 15) is 18.0 Å². The van der Waals surface area contributed by atoms with E-state index in [0.29, 0.717) is 31.6 Å². The summed E-state index contributed by atoms with van der Waals surface area (Å²) in [5.41, 5.74) is 0.789. The molecular formula is C18H23NO6S. The zero-order valence-electron chi connectivity index (χ0n) is 14.8. The van der Waals surface area contributed by atoms with Crippen molar-refractivity contribution in [3.63, 3.8) is 0 Å². The molecule has 3 rings (SSSR count). The second kappa shape index (κ2) is 7.85. The van der Waals surface area contributed by atoms with Crippen molar-refractivity contribution in [1.29, 1.82) is 0 Å². The highest BCUT2D eigenvalue weighted by molar-refractivity contribution is 7.89. The quantitative estimate of drug-likeness (QED) is 0.737. The van der Waals surface area contributed by atoms with Gasteiger partial charge in [0.1, 0.15) is 0 Å². The number of Topliss-reactive ketones (excluding diaryl/α,β-unsaturated/α-hetero) is 1.